The van der Waals surface area contributed by atoms with Gasteiger partial charge in [-0.1, -0.05) is 42.1 Å². The van der Waals surface area contributed by atoms with Crippen LogP contribution in [0.25, 0.3) is 0 Å². The topological polar surface area (TPSA) is 69.3 Å². The molecular weight excluding hydrogens is 344 g/mol. The minimum Gasteiger partial charge on any atom is -0.272 e. The lowest BCUT2D eigenvalue weighted by Crippen LogP contribution is -2.25. The number of hydrazone groups is 1. The zero-order valence-corrected chi connectivity index (χ0v) is 15.9. The van der Waals surface area contributed by atoms with Gasteiger partial charge in [0.15, 0.2) is 0 Å². The fourth-order valence-corrected chi connectivity index (χ4v) is 3.78. The number of aryl methyl sites for hydroxylation is 1. The fraction of sp³-hybridized carbons (Fsp3) is 0.300. The van der Waals surface area contributed by atoms with Crippen LogP contribution in [0, 0.1) is 32.1 Å². The van der Waals surface area contributed by atoms with Crippen LogP contribution < -0.4 is 0 Å². The van der Waals surface area contributed by atoms with Gasteiger partial charge in [-0.3, -0.25) is 4.79 Å². The molecule has 26 heavy (non-hydrogen) atoms. The molecule has 0 bridgehead atoms. The van der Waals surface area contributed by atoms with Gasteiger partial charge in [-0.05, 0) is 37.5 Å². The van der Waals surface area contributed by atoms with E-state index in [0.29, 0.717) is 17.1 Å². The molecule has 1 aromatic carbocycles. The first-order valence-electron chi connectivity index (χ1n) is 8.45. The van der Waals surface area contributed by atoms with Crippen LogP contribution in [0.15, 0.2) is 40.5 Å². The predicted molar refractivity (Wildman–Crippen MR) is 103 cm³/mol. The Balaban J connectivity index is 1.71. The lowest BCUT2D eigenvalue weighted by molar-refractivity contribution is -0.127. The highest BCUT2D eigenvalue weighted by Gasteiger charge is 2.22. The van der Waals surface area contributed by atoms with E-state index >= 15 is 0 Å². The van der Waals surface area contributed by atoms with Crippen LogP contribution in [0.1, 0.15) is 34.4 Å². The molecule has 0 aliphatic carbocycles. The van der Waals surface area contributed by atoms with Gasteiger partial charge in [-0.2, -0.15) is 10.4 Å². The summed E-state index contributed by atoms with van der Waals surface area (Å²) in [5, 5.41) is 16.0. The molecule has 1 amide bonds. The van der Waals surface area contributed by atoms with Crippen LogP contribution in [0.2, 0.25) is 0 Å². The summed E-state index contributed by atoms with van der Waals surface area (Å²) >= 11 is 1.31. The first kappa shape index (κ1) is 18.2. The van der Waals surface area contributed by atoms with E-state index in [4.69, 9.17) is 0 Å². The molecule has 0 saturated heterocycles. The van der Waals surface area contributed by atoms with E-state index in [0.717, 1.165) is 34.5 Å². The zero-order chi connectivity index (χ0) is 18.7. The number of pyridine rings is 1. The van der Waals surface area contributed by atoms with Gasteiger partial charge in [0, 0.05) is 12.1 Å². The quantitative estimate of drug-likeness (QED) is 0.777. The second-order valence-electron chi connectivity index (χ2n) is 6.21. The maximum Gasteiger partial charge on any atom is 0.253 e. The van der Waals surface area contributed by atoms with Crippen LogP contribution in [-0.2, 0) is 4.79 Å². The molecule has 0 fully saturated rings. The summed E-state index contributed by atoms with van der Waals surface area (Å²) in [5.74, 6) is 0.150. The van der Waals surface area contributed by atoms with E-state index in [1.807, 2.05) is 51.1 Å². The summed E-state index contributed by atoms with van der Waals surface area (Å²) in [5.41, 5.74) is 5.38. The Labute approximate surface area is 157 Å². The molecule has 6 heteroatoms. The SMILES string of the molecule is Cc1nc(SCC(=O)N2CCC(c3ccccc3)=N2)c(C#N)c(C)c1C. The van der Waals surface area contributed by atoms with Gasteiger partial charge in [0.05, 0.1) is 23.6 Å². The fourth-order valence-electron chi connectivity index (χ4n) is 2.82. The third-order valence-corrected chi connectivity index (χ3v) is 5.56. The molecule has 0 N–H and O–H groups in total. The van der Waals surface area contributed by atoms with Gasteiger partial charge in [0.25, 0.3) is 5.91 Å². The minimum absolute atomic E-state index is 0.0671. The number of carbonyl (C=O) groups excluding carboxylic acids is 1. The maximum absolute atomic E-state index is 12.5. The summed E-state index contributed by atoms with van der Waals surface area (Å²) in [6.07, 6.45) is 0.755. The smallest absolute Gasteiger partial charge is 0.253 e. The first-order valence-corrected chi connectivity index (χ1v) is 9.43. The van der Waals surface area contributed by atoms with Crippen LogP contribution in [-0.4, -0.2) is 33.9 Å². The number of nitriles is 1. The largest absolute Gasteiger partial charge is 0.272 e. The van der Waals surface area contributed by atoms with Crippen molar-refractivity contribution in [3.05, 3.63) is 58.3 Å². The number of thioether (sulfide) groups is 1. The third-order valence-electron chi connectivity index (χ3n) is 4.60. The average Bonchev–Trinajstić information content (AvgIpc) is 3.15. The van der Waals surface area contributed by atoms with Gasteiger partial charge < -0.3 is 0 Å². The lowest BCUT2D eigenvalue weighted by atomic mass is 10.1. The third kappa shape index (κ3) is 3.63. The van der Waals surface area contributed by atoms with Gasteiger partial charge in [0.2, 0.25) is 0 Å². The number of rotatable bonds is 4. The molecule has 2 heterocycles. The van der Waals surface area contributed by atoms with Crippen LogP contribution in [0.3, 0.4) is 0 Å². The molecule has 1 aromatic heterocycles. The van der Waals surface area contributed by atoms with E-state index in [1.54, 1.807) is 0 Å². The van der Waals surface area contributed by atoms with Crippen molar-refractivity contribution in [3.8, 4) is 6.07 Å². The van der Waals surface area contributed by atoms with E-state index < -0.39 is 0 Å². The molecule has 3 rings (SSSR count). The molecule has 0 atom stereocenters. The number of hydrogen-bond donors (Lipinski definition) is 0. The molecule has 132 valence electrons. The maximum atomic E-state index is 12.5. The van der Waals surface area contributed by atoms with E-state index in [1.165, 1.54) is 16.8 Å². The summed E-state index contributed by atoms with van der Waals surface area (Å²) in [6.45, 7) is 6.40. The van der Waals surface area contributed by atoms with Gasteiger partial charge in [-0.25, -0.2) is 9.99 Å². The standard InChI is InChI=1S/C20H20N4OS/c1-13-14(2)17(11-21)20(22-15(13)3)26-12-19(25)24-10-9-18(23-24)16-7-5-4-6-8-16/h4-8H,9-10,12H2,1-3H3. The van der Waals surface area contributed by atoms with Crippen molar-refractivity contribution in [1.29, 1.82) is 5.26 Å². The Morgan fingerprint density at radius 3 is 2.65 bits per heavy atom. The molecule has 0 saturated carbocycles. The monoisotopic (exact) mass is 364 g/mol. The number of amides is 1. The van der Waals surface area contributed by atoms with E-state index in [9.17, 15) is 10.1 Å². The highest BCUT2D eigenvalue weighted by molar-refractivity contribution is 8.00. The summed E-state index contributed by atoms with van der Waals surface area (Å²) in [4.78, 5) is 17.0. The van der Waals surface area contributed by atoms with Crippen molar-refractivity contribution in [2.75, 3.05) is 12.3 Å². The second-order valence-corrected chi connectivity index (χ2v) is 7.17. The van der Waals surface area contributed by atoms with Crippen molar-refractivity contribution in [1.82, 2.24) is 9.99 Å². The molecule has 5 nitrogen and oxygen atoms in total. The Bertz CT molecular complexity index is 916. The summed E-state index contributed by atoms with van der Waals surface area (Å²) < 4.78 is 0. The van der Waals surface area contributed by atoms with Crippen LogP contribution in [0.5, 0.6) is 0 Å². The average molecular weight is 364 g/mol. The Morgan fingerprint density at radius 1 is 1.23 bits per heavy atom. The second kappa shape index (κ2) is 7.71. The van der Waals surface area contributed by atoms with Gasteiger partial charge in [0.1, 0.15) is 11.1 Å². The van der Waals surface area contributed by atoms with Crippen molar-refractivity contribution in [2.45, 2.75) is 32.2 Å². The lowest BCUT2D eigenvalue weighted by Gasteiger charge is -2.13. The van der Waals surface area contributed by atoms with Crippen molar-refractivity contribution >= 4 is 23.4 Å². The summed E-state index contributed by atoms with van der Waals surface area (Å²) in [7, 11) is 0. The molecule has 1 aliphatic rings. The molecular formula is C20H20N4OS. The van der Waals surface area contributed by atoms with Crippen molar-refractivity contribution < 1.29 is 4.79 Å². The highest BCUT2D eigenvalue weighted by Crippen LogP contribution is 2.27. The zero-order valence-electron chi connectivity index (χ0n) is 15.1. The van der Waals surface area contributed by atoms with Crippen molar-refractivity contribution in [2.24, 2.45) is 5.10 Å². The molecule has 0 spiro atoms. The number of aromatic nitrogens is 1. The molecule has 2 aromatic rings. The normalized spacial score (nSPS) is 13.5. The number of carbonyl (C=O) groups is 1. The Hall–Kier alpha value is -2.65. The predicted octanol–water partition coefficient (Wildman–Crippen LogP) is 3.61. The highest BCUT2D eigenvalue weighted by atomic mass is 32.2. The number of hydrogen-bond acceptors (Lipinski definition) is 5. The van der Waals surface area contributed by atoms with Crippen LogP contribution in [0.4, 0.5) is 0 Å². The molecule has 1 aliphatic heterocycles. The molecule has 0 unspecified atom stereocenters. The number of nitrogens with zero attached hydrogens (tertiary/aromatic N) is 4. The minimum atomic E-state index is -0.0671. The number of benzene rings is 1. The molecule has 0 radical (unpaired) electrons. The van der Waals surface area contributed by atoms with E-state index in [2.05, 4.69) is 16.2 Å². The van der Waals surface area contributed by atoms with Gasteiger partial charge in [-0.15, -0.1) is 0 Å². The first-order chi connectivity index (χ1) is 12.5. The Kier molecular flexibility index (Phi) is 5.38. The van der Waals surface area contributed by atoms with Gasteiger partial charge >= 0.3 is 0 Å². The Morgan fingerprint density at radius 2 is 1.96 bits per heavy atom. The van der Waals surface area contributed by atoms with E-state index in [-0.39, 0.29) is 11.7 Å². The van der Waals surface area contributed by atoms with Crippen molar-refractivity contribution in [3.63, 3.8) is 0 Å². The summed E-state index contributed by atoms with van der Waals surface area (Å²) in [6, 6.07) is 12.1. The van der Waals surface area contributed by atoms with Crippen LogP contribution >= 0.6 is 11.8 Å².